The van der Waals surface area contributed by atoms with Crippen LogP contribution in [0.2, 0.25) is 0 Å². The molecule has 0 fully saturated rings. The normalized spacial score (nSPS) is 10.6. The molecule has 0 aliphatic carbocycles. The number of rotatable bonds is 5. The van der Waals surface area contributed by atoms with E-state index in [1.54, 1.807) is 22.6 Å². The van der Waals surface area contributed by atoms with Crippen LogP contribution in [0.5, 0.6) is 0 Å². The van der Waals surface area contributed by atoms with E-state index in [4.69, 9.17) is 4.74 Å². The van der Waals surface area contributed by atoms with Crippen molar-refractivity contribution in [2.24, 2.45) is 4.40 Å². The van der Waals surface area contributed by atoms with Gasteiger partial charge in [-0.3, -0.25) is 0 Å². The molecule has 0 aliphatic heterocycles. The van der Waals surface area contributed by atoms with Crippen molar-refractivity contribution in [3.63, 3.8) is 0 Å². The van der Waals surface area contributed by atoms with Crippen LogP contribution in [0, 0.1) is 3.57 Å². The monoisotopic (exact) mass is 395 g/mol. The van der Waals surface area contributed by atoms with Gasteiger partial charge < -0.3 is 4.74 Å². The Morgan fingerprint density at radius 3 is 2.74 bits per heavy atom. The molecular formula is C11H10INO5S. The van der Waals surface area contributed by atoms with Gasteiger partial charge in [0.05, 0.1) is 12.2 Å². The third-order valence-corrected chi connectivity index (χ3v) is 4.79. The molecule has 0 unspecified atom stereocenters. The predicted octanol–water partition coefficient (Wildman–Crippen LogP) is 1.88. The summed E-state index contributed by atoms with van der Waals surface area (Å²) in [7, 11) is -4.13. The van der Waals surface area contributed by atoms with Crippen LogP contribution in [-0.2, 0) is 19.6 Å². The minimum atomic E-state index is -4.13. The van der Waals surface area contributed by atoms with Crippen LogP contribution in [-0.4, -0.2) is 27.1 Å². The van der Waals surface area contributed by atoms with Crippen molar-refractivity contribution >= 4 is 44.7 Å². The number of esters is 1. The number of isocyanates is 1. The van der Waals surface area contributed by atoms with Gasteiger partial charge in [0.1, 0.15) is 4.90 Å². The summed E-state index contributed by atoms with van der Waals surface area (Å²) in [5.74, 6) is -0.613. The van der Waals surface area contributed by atoms with E-state index in [9.17, 15) is 18.0 Å². The molecule has 0 spiro atoms. The average Bonchev–Trinajstić information content (AvgIpc) is 2.35. The number of sulfonamides is 1. The highest BCUT2D eigenvalue weighted by Crippen LogP contribution is 2.24. The largest absolute Gasteiger partial charge is 0.462 e. The zero-order valence-electron chi connectivity index (χ0n) is 9.92. The van der Waals surface area contributed by atoms with E-state index in [0.29, 0.717) is 6.42 Å². The summed E-state index contributed by atoms with van der Waals surface area (Å²) < 4.78 is 31.2. The molecule has 0 bridgehead atoms. The Balaban J connectivity index is 3.27. The molecule has 0 N–H and O–H groups in total. The van der Waals surface area contributed by atoms with E-state index in [2.05, 4.69) is 4.40 Å². The summed E-state index contributed by atoms with van der Waals surface area (Å²) in [5, 5.41) is 0. The second-order valence-corrected chi connectivity index (χ2v) is 6.06. The number of carbonyl (C=O) groups is 1. The summed E-state index contributed by atoms with van der Waals surface area (Å²) in [6, 6.07) is 4.09. The maximum atomic E-state index is 11.7. The van der Waals surface area contributed by atoms with Crippen LogP contribution < -0.4 is 0 Å². The quantitative estimate of drug-likeness (QED) is 0.329. The fourth-order valence-corrected chi connectivity index (χ4v) is 3.44. The van der Waals surface area contributed by atoms with Gasteiger partial charge in [-0.15, -0.1) is 0 Å². The fraction of sp³-hybridized carbons (Fsp3) is 0.273. The molecule has 102 valence electrons. The van der Waals surface area contributed by atoms with Crippen molar-refractivity contribution < 1.29 is 22.7 Å². The maximum Gasteiger partial charge on any atom is 0.339 e. The number of halogens is 1. The molecule has 8 heteroatoms. The minimum Gasteiger partial charge on any atom is -0.462 e. The molecular weight excluding hydrogens is 385 g/mol. The molecule has 1 rings (SSSR count). The van der Waals surface area contributed by atoms with E-state index in [0.717, 1.165) is 6.08 Å². The Morgan fingerprint density at radius 1 is 1.47 bits per heavy atom. The maximum absolute atomic E-state index is 11.7. The van der Waals surface area contributed by atoms with Gasteiger partial charge in [0.15, 0.2) is 0 Å². The second-order valence-electron chi connectivity index (χ2n) is 3.41. The number of nitrogens with zero attached hydrogens (tertiary/aromatic N) is 1. The van der Waals surface area contributed by atoms with Gasteiger partial charge >= 0.3 is 5.97 Å². The van der Waals surface area contributed by atoms with Gasteiger partial charge in [0.2, 0.25) is 0 Å². The molecule has 0 saturated heterocycles. The third kappa shape index (κ3) is 3.85. The minimum absolute atomic E-state index is 0.122. The Labute approximate surface area is 124 Å². The molecule has 0 aliphatic rings. The molecule has 0 aromatic heterocycles. The summed E-state index contributed by atoms with van der Waals surface area (Å²) in [4.78, 5) is 21.6. The SMILES string of the molecule is CCCOC(=O)c1cccc(S(=O)(=O)N=C=O)c1I. The van der Waals surface area contributed by atoms with Gasteiger partial charge in [-0.1, -0.05) is 17.4 Å². The Hall–Kier alpha value is -1.25. The second kappa shape index (κ2) is 6.78. The van der Waals surface area contributed by atoms with Gasteiger partial charge in [0.25, 0.3) is 16.1 Å². The van der Waals surface area contributed by atoms with E-state index in [-0.39, 0.29) is 20.6 Å². The van der Waals surface area contributed by atoms with Crippen LogP contribution in [0.15, 0.2) is 27.5 Å². The van der Waals surface area contributed by atoms with Crippen LogP contribution >= 0.6 is 22.6 Å². The first-order valence-corrected chi connectivity index (χ1v) is 7.75. The standard InChI is InChI=1S/C11H10INO5S/c1-2-6-18-11(15)8-4-3-5-9(10(8)12)19(16,17)13-7-14/h3-5H,2,6H2,1H3. The topological polar surface area (TPSA) is 89.9 Å². The first kappa shape index (κ1) is 15.8. The highest BCUT2D eigenvalue weighted by Gasteiger charge is 2.22. The van der Waals surface area contributed by atoms with Crippen molar-refractivity contribution in [2.75, 3.05) is 6.61 Å². The third-order valence-electron chi connectivity index (χ3n) is 2.06. The summed E-state index contributed by atoms with van der Waals surface area (Å²) in [5.41, 5.74) is 0.122. The molecule has 0 saturated carbocycles. The Kier molecular flexibility index (Phi) is 5.64. The summed E-state index contributed by atoms with van der Waals surface area (Å²) in [6.07, 6.45) is 1.65. The first-order chi connectivity index (χ1) is 8.94. The molecule has 6 nitrogen and oxygen atoms in total. The zero-order chi connectivity index (χ0) is 14.5. The molecule has 0 heterocycles. The first-order valence-electron chi connectivity index (χ1n) is 5.23. The van der Waals surface area contributed by atoms with Gasteiger partial charge in [-0.05, 0) is 41.1 Å². The lowest BCUT2D eigenvalue weighted by molar-refractivity contribution is 0.0503. The van der Waals surface area contributed by atoms with Crippen molar-refractivity contribution in [1.82, 2.24) is 0 Å². The van der Waals surface area contributed by atoms with Crippen molar-refractivity contribution in [1.29, 1.82) is 0 Å². The van der Waals surface area contributed by atoms with Crippen LogP contribution in [0.3, 0.4) is 0 Å². The van der Waals surface area contributed by atoms with E-state index >= 15 is 0 Å². The molecule has 0 amide bonds. The lowest BCUT2D eigenvalue weighted by Crippen LogP contribution is -2.10. The van der Waals surface area contributed by atoms with Gasteiger partial charge in [0, 0.05) is 3.57 Å². The number of carbonyl (C=O) groups excluding carboxylic acids is 2. The highest BCUT2D eigenvalue weighted by atomic mass is 127. The number of ether oxygens (including phenoxy) is 1. The zero-order valence-corrected chi connectivity index (χ0v) is 12.9. The van der Waals surface area contributed by atoms with Gasteiger partial charge in [-0.2, -0.15) is 8.42 Å². The Bertz CT molecular complexity index is 634. The fourth-order valence-electron chi connectivity index (χ4n) is 1.24. The lowest BCUT2D eigenvalue weighted by atomic mass is 10.2. The van der Waals surface area contributed by atoms with Crippen LogP contribution in [0.1, 0.15) is 23.7 Å². The van der Waals surface area contributed by atoms with Crippen molar-refractivity contribution in [2.45, 2.75) is 18.2 Å². The smallest absolute Gasteiger partial charge is 0.339 e. The number of hydrogen-bond acceptors (Lipinski definition) is 5. The van der Waals surface area contributed by atoms with E-state index < -0.39 is 16.0 Å². The Morgan fingerprint density at radius 2 is 2.16 bits per heavy atom. The average molecular weight is 395 g/mol. The molecule has 0 atom stereocenters. The van der Waals surface area contributed by atoms with E-state index in [1.807, 2.05) is 6.92 Å². The van der Waals surface area contributed by atoms with E-state index in [1.165, 1.54) is 18.2 Å². The number of hydrogen-bond donors (Lipinski definition) is 0. The lowest BCUT2D eigenvalue weighted by Gasteiger charge is -2.07. The predicted molar refractivity (Wildman–Crippen MR) is 75.0 cm³/mol. The van der Waals surface area contributed by atoms with Crippen molar-refractivity contribution in [3.05, 3.63) is 27.3 Å². The van der Waals surface area contributed by atoms with Crippen LogP contribution in [0.25, 0.3) is 0 Å². The highest BCUT2D eigenvalue weighted by molar-refractivity contribution is 14.1. The molecule has 1 aromatic carbocycles. The molecule has 0 radical (unpaired) electrons. The molecule has 19 heavy (non-hydrogen) atoms. The molecule has 1 aromatic rings. The summed E-state index contributed by atoms with van der Waals surface area (Å²) in [6.45, 7) is 2.09. The summed E-state index contributed by atoms with van der Waals surface area (Å²) >= 11 is 1.70. The van der Waals surface area contributed by atoms with Gasteiger partial charge in [-0.25, -0.2) is 9.59 Å². The van der Waals surface area contributed by atoms with Crippen LogP contribution in [0.4, 0.5) is 0 Å². The number of benzene rings is 1. The van der Waals surface area contributed by atoms with Crippen molar-refractivity contribution in [3.8, 4) is 0 Å².